The largest absolute Gasteiger partial charge is 0.484 e. The normalized spacial score (nSPS) is 11.9. The molecule has 28 heavy (non-hydrogen) atoms. The smallest absolute Gasteiger partial charge is 0.287 e. The lowest BCUT2D eigenvalue weighted by Crippen LogP contribution is -2.27. The van der Waals surface area contributed by atoms with Crippen LogP contribution >= 0.6 is 11.6 Å². The summed E-state index contributed by atoms with van der Waals surface area (Å²) in [5.41, 5.74) is 0.923. The molecule has 0 aliphatic rings. The number of ether oxygens (including phenoxy) is 1. The second kappa shape index (κ2) is 8.89. The number of amides is 1. The van der Waals surface area contributed by atoms with Gasteiger partial charge in [0.2, 0.25) is 0 Å². The van der Waals surface area contributed by atoms with Crippen molar-refractivity contribution in [2.75, 3.05) is 6.54 Å². The number of carbonyl (C=O) groups is 1. The minimum Gasteiger partial charge on any atom is -0.484 e. The number of furan rings is 1. The van der Waals surface area contributed by atoms with E-state index in [1.807, 2.05) is 6.92 Å². The molecule has 0 aliphatic carbocycles. The van der Waals surface area contributed by atoms with E-state index >= 15 is 0 Å². The number of carbonyl (C=O) groups excluding carboxylic acids is 1. The van der Waals surface area contributed by atoms with E-state index in [9.17, 15) is 13.6 Å². The third-order valence-electron chi connectivity index (χ3n) is 4.16. The molecule has 1 N–H and O–H groups in total. The lowest BCUT2D eigenvalue weighted by atomic mass is 10.0. The molecule has 0 saturated carbocycles. The lowest BCUT2D eigenvalue weighted by molar-refractivity contribution is 0.0920. The minimum atomic E-state index is -0.454. The summed E-state index contributed by atoms with van der Waals surface area (Å²) in [5.74, 6) is -0.204. The van der Waals surface area contributed by atoms with Crippen LogP contribution in [0.15, 0.2) is 59.0 Å². The Hall–Kier alpha value is -2.86. The summed E-state index contributed by atoms with van der Waals surface area (Å²) >= 11 is 5.90. The Labute approximate surface area is 166 Å². The van der Waals surface area contributed by atoms with Gasteiger partial charge < -0.3 is 14.5 Å². The highest BCUT2D eigenvalue weighted by atomic mass is 35.5. The van der Waals surface area contributed by atoms with Gasteiger partial charge in [-0.1, -0.05) is 30.7 Å². The maximum absolute atomic E-state index is 13.0. The minimum absolute atomic E-state index is 0.0166. The van der Waals surface area contributed by atoms with E-state index in [-0.39, 0.29) is 35.0 Å². The predicted octanol–water partition coefficient (Wildman–Crippen LogP) is 5.32. The molecule has 1 aromatic heterocycles. The third kappa shape index (κ3) is 5.10. The highest BCUT2D eigenvalue weighted by Crippen LogP contribution is 2.26. The first-order valence-electron chi connectivity index (χ1n) is 8.62. The average molecular weight is 406 g/mol. The number of halogens is 3. The van der Waals surface area contributed by atoms with Crippen LogP contribution in [0.4, 0.5) is 8.78 Å². The molecule has 1 unspecified atom stereocenters. The molecule has 3 rings (SSSR count). The SMILES string of the molecule is CC(CNC(=O)c1ccc(COc2ccc(F)cc2Cl)o1)c1ccc(F)cc1. The first kappa shape index (κ1) is 19.9. The molecule has 3 aromatic rings. The predicted molar refractivity (Wildman–Crippen MR) is 102 cm³/mol. The van der Waals surface area contributed by atoms with E-state index in [0.717, 1.165) is 11.6 Å². The molecular weight excluding hydrogens is 388 g/mol. The number of benzene rings is 2. The van der Waals surface area contributed by atoms with Crippen molar-refractivity contribution in [3.05, 3.63) is 88.3 Å². The van der Waals surface area contributed by atoms with Gasteiger partial charge in [-0.15, -0.1) is 0 Å². The van der Waals surface area contributed by atoms with Crippen LogP contribution in [0.25, 0.3) is 0 Å². The standard InChI is InChI=1S/C21H18ClF2NO3/c1-13(14-2-4-15(23)5-3-14)11-25-21(26)20-9-7-17(28-20)12-27-19-8-6-16(24)10-18(19)22/h2-10,13H,11-12H2,1H3,(H,25,26). The second-order valence-corrected chi connectivity index (χ2v) is 6.70. The van der Waals surface area contributed by atoms with E-state index in [0.29, 0.717) is 18.1 Å². The van der Waals surface area contributed by atoms with Crippen LogP contribution in [0, 0.1) is 11.6 Å². The van der Waals surface area contributed by atoms with Crippen molar-refractivity contribution in [2.24, 2.45) is 0 Å². The molecule has 1 heterocycles. The summed E-state index contributed by atoms with van der Waals surface area (Å²) < 4.78 is 37.0. The van der Waals surface area contributed by atoms with E-state index in [1.165, 1.54) is 24.3 Å². The molecule has 1 amide bonds. The maximum atomic E-state index is 13.0. The summed E-state index contributed by atoms with van der Waals surface area (Å²) in [6.07, 6.45) is 0. The van der Waals surface area contributed by atoms with Gasteiger partial charge in [0, 0.05) is 6.54 Å². The Morgan fingerprint density at radius 3 is 2.54 bits per heavy atom. The van der Waals surface area contributed by atoms with Gasteiger partial charge >= 0.3 is 0 Å². The fourth-order valence-corrected chi connectivity index (χ4v) is 2.78. The van der Waals surface area contributed by atoms with E-state index in [1.54, 1.807) is 24.3 Å². The summed E-state index contributed by atoms with van der Waals surface area (Å²) in [6, 6.07) is 13.1. The fraction of sp³-hybridized carbons (Fsp3) is 0.190. The van der Waals surface area contributed by atoms with E-state index < -0.39 is 5.82 Å². The van der Waals surface area contributed by atoms with Crippen LogP contribution in [0.2, 0.25) is 5.02 Å². The monoisotopic (exact) mass is 405 g/mol. The number of hydrogen-bond donors (Lipinski definition) is 1. The van der Waals surface area contributed by atoms with Crippen molar-refractivity contribution < 1.29 is 22.7 Å². The quantitative estimate of drug-likeness (QED) is 0.578. The van der Waals surface area contributed by atoms with Crippen LogP contribution in [0.1, 0.15) is 34.7 Å². The molecule has 0 saturated heterocycles. The lowest BCUT2D eigenvalue weighted by Gasteiger charge is -2.12. The molecule has 0 radical (unpaired) electrons. The van der Waals surface area contributed by atoms with Crippen molar-refractivity contribution in [1.82, 2.24) is 5.32 Å². The van der Waals surface area contributed by atoms with Crippen LogP contribution in [0.5, 0.6) is 5.75 Å². The third-order valence-corrected chi connectivity index (χ3v) is 4.45. The molecular formula is C21H18ClF2NO3. The molecule has 7 heteroatoms. The van der Waals surface area contributed by atoms with Crippen molar-refractivity contribution in [3.8, 4) is 5.75 Å². The van der Waals surface area contributed by atoms with E-state index in [4.69, 9.17) is 20.8 Å². The highest BCUT2D eigenvalue weighted by Gasteiger charge is 2.14. The number of rotatable bonds is 7. The first-order valence-corrected chi connectivity index (χ1v) is 9.00. The van der Waals surface area contributed by atoms with Gasteiger partial charge in [0.05, 0.1) is 5.02 Å². The second-order valence-electron chi connectivity index (χ2n) is 6.29. The Morgan fingerprint density at radius 1 is 1.11 bits per heavy atom. The molecule has 0 aliphatic heterocycles. The summed E-state index contributed by atoms with van der Waals surface area (Å²) in [6.45, 7) is 2.36. The number of hydrogen-bond acceptors (Lipinski definition) is 3. The van der Waals surface area contributed by atoms with Gasteiger partial charge in [-0.2, -0.15) is 0 Å². The molecule has 2 aromatic carbocycles. The molecule has 146 valence electrons. The van der Waals surface area contributed by atoms with Crippen molar-refractivity contribution in [2.45, 2.75) is 19.4 Å². The molecule has 4 nitrogen and oxygen atoms in total. The van der Waals surface area contributed by atoms with Gasteiger partial charge in [0.15, 0.2) is 5.76 Å². The van der Waals surface area contributed by atoms with Crippen LogP contribution in [0.3, 0.4) is 0 Å². The Bertz CT molecular complexity index is 957. The Morgan fingerprint density at radius 2 is 1.82 bits per heavy atom. The summed E-state index contributed by atoms with van der Waals surface area (Å²) in [4.78, 5) is 12.2. The van der Waals surface area contributed by atoms with Crippen molar-refractivity contribution in [3.63, 3.8) is 0 Å². The maximum Gasteiger partial charge on any atom is 0.287 e. The van der Waals surface area contributed by atoms with Gasteiger partial charge in [-0.25, -0.2) is 8.78 Å². The summed E-state index contributed by atoms with van der Waals surface area (Å²) in [5, 5.41) is 2.94. The zero-order valence-electron chi connectivity index (χ0n) is 15.0. The van der Waals surface area contributed by atoms with Crippen LogP contribution in [-0.2, 0) is 6.61 Å². The zero-order chi connectivity index (χ0) is 20.1. The zero-order valence-corrected chi connectivity index (χ0v) is 15.8. The Balaban J connectivity index is 1.52. The van der Waals surface area contributed by atoms with Gasteiger partial charge in [-0.05, 0) is 53.9 Å². The Kier molecular flexibility index (Phi) is 6.31. The topological polar surface area (TPSA) is 51.5 Å². The van der Waals surface area contributed by atoms with Crippen LogP contribution in [-0.4, -0.2) is 12.5 Å². The van der Waals surface area contributed by atoms with Crippen LogP contribution < -0.4 is 10.1 Å². The van der Waals surface area contributed by atoms with E-state index in [2.05, 4.69) is 5.32 Å². The summed E-state index contributed by atoms with van der Waals surface area (Å²) in [7, 11) is 0. The van der Waals surface area contributed by atoms with Gasteiger partial charge in [0.25, 0.3) is 5.91 Å². The van der Waals surface area contributed by atoms with Crippen molar-refractivity contribution in [1.29, 1.82) is 0 Å². The average Bonchev–Trinajstić information content (AvgIpc) is 3.15. The van der Waals surface area contributed by atoms with Gasteiger partial charge in [-0.3, -0.25) is 4.79 Å². The first-order chi connectivity index (χ1) is 13.4. The highest BCUT2D eigenvalue weighted by molar-refractivity contribution is 6.32. The molecule has 0 bridgehead atoms. The molecule has 0 spiro atoms. The van der Waals surface area contributed by atoms with Crippen molar-refractivity contribution >= 4 is 17.5 Å². The fourth-order valence-electron chi connectivity index (χ4n) is 2.56. The van der Waals surface area contributed by atoms with Gasteiger partial charge in [0.1, 0.15) is 29.8 Å². The number of nitrogens with one attached hydrogen (secondary N) is 1. The molecule has 1 atom stereocenters. The molecule has 0 fully saturated rings.